The fourth-order valence-corrected chi connectivity index (χ4v) is 1.40. The molecule has 0 aromatic carbocycles. The van der Waals surface area contributed by atoms with E-state index in [2.05, 4.69) is 4.99 Å². The lowest BCUT2D eigenvalue weighted by Gasteiger charge is -2.13. The quantitative estimate of drug-likeness (QED) is 0.418. The van der Waals surface area contributed by atoms with Crippen LogP contribution in [0.3, 0.4) is 0 Å². The molecule has 0 radical (unpaired) electrons. The maximum atomic E-state index is 9.44. The van der Waals surface area contributed by atoms with Crippen molar-refractivity contribution in [3.05, 3.63) is 0 Å². The first-order valence-corrected chi connectivity index (χ1v) is 3.66. The van der Waals surface area contributed by atoms with Gasteiger partial charge in [0.15, 0.2) is 12.3 Å². The molecule has 0 aromatic rings. The van der Waals surface area contributed by atoms with Gasteiger partial charge in [0, 0.05) is 0 Å². The lowest BCUT2D eigenvalue weighted by atomic mass is 10.1. The highest BCUT2D eigenvalue weighted by atomic mass is 16.6. The summed E-state index contributed by atoms with van der Waals surface area (Å²) < 4.78 is 10.1. The van der Waals surface area contributed by atoms with Crippen molar-refractivity contribution < 1.29 is 19.7 Å². The Morgan fingerprint density at radius 1 is 1.58 bits per heavy atom. The summed E-state index contributed by atoms with van der Waals surface area (Å²) in [4.78, 5) is 3.78. The van der Waals surface area contributed by atoms with Gasteiger partial charge in [-0.2, -0.15) is 4.99 Å². The van der Waals surface area contributed by atoms with E-state index >= 15 is 0 Å². The average molecular weight is 174 g/mol. The number of hydrogen-bond donors (Lipinski definition) is 3. The van der Waals surface area contributed by atoms with Crippen molar-refractivity contribution in [3.8, 4) is 0 Å². The second kappa shape index (κ2) is 2.58. The van der Waals surface area contributed by atoms with Crippen LogP contribution in [0.1, 0.15) is 0 Å². The van der Waals surface area contributed by atoms with Crippen molar-refractivity contribution >= 4 is 6.02 Å². The molecule has 2 heterocycles. The molecule has 1 saturated heterocycles. The fraction of sp³-hybridized carbons (Fsp3) is 0.833. The molecule has 0 bridgehead atoms. The predicted molar refractivity (Wildman–Crippen MR) is 38.2 cm³/mol. The van der Waals surface area contributed by atoms with Crippen LogP contribution in [0.4, 0.5) is 0 Å². The lowest BCUT2D eigenvalue weighted by molar-refractivity contribution is -0.0206. The van der Waals surface area contributed by atoms with Crippen LogP contribution in [-0.2, 0) is 9.47 Å². The average Bonchev–Trinajstić information content (AvgIpc) is 2.51. The summed E-state index contributed by atoms with van der Waals surface area (Å²) in [6.07, 6.45) is -2.58. The fourth-order valence-electron chi connectivity index (χ4n) is 1.40. The zero-order chi connectivity index (χ0) is 8.72. The van der Waals surface area contributed by atoms with Crippen molar-refractivity contribution in [2.45, 2.75) is 24.5 Å². The van der Waals surface area contributed by atoms with Crippen molar-refractivity contribution in [3.63, 3.8) is 0 Å². The Balaban J connectivity index is 2.10. The number of hydrogen-bond acceptors (Lipinski definition) is 6. The van der Waals surface area contributed by atoms with E-state index in [4.69, 9.17) is 20.3 Å². The third-order valence-corrected chi connectivity index (χ3v) is 2.00. The summed E-state index contributed by atoms with van der Waals surface area (Å²) in [6, 6.07) is 0.0282. The number of nitrogens with zero attached hydrogens (tertiary/aromatic N) is 1. The number of aliphatic hydroxyl groups is 2. The molecule has 0 spiro atoms. The number of rotatable bonds is 1. The number of aliphatic hydroxyl groups excluding tert-OH is 2. The molecule has 0 aliphatic carbocycles. The molecule has 6 heteroatoms. The van der Waals surface area contributed by atoms with E-state index < -0.39 is 24.5 Å². The van der Waals surface area contributed by atoms with Gasteiger partial charge in [-0.3, -0.25) is 0 Å². The topological polar surface area (TPSA) is 97.3 Å². The molecule has 0 amide bonds. The normalized spacial score (nSPS) is 45.3. The van der Waals surface area contributed by atoms with Crippen LogP contribution in [0.5, 0.6) is 0 Å². The Morgan fingerprint density at radius 2 is 2.33 bits per heavy atom. The lowest BCUT2D eigenvalue weighted by Crippen LogP contribution is -2.35. The zero-order valence-corrected chi connectivity index (χ0v) is 6.25. The van der Waals surface area contributed by atoms with Crippen LogP contribution in [0, 0.1) is 0 Å². The molecule has 4 atom stereocenters. The highest BCUT2D eigenvalue weighted by molar-refractivity contribution is 5.73. The van der Waals surface area contributed by atoms with Gasteiger partial charge >= 0.3 is 0 Å². The SMILES string of the molecule is NC1=N[C@@H]2O[C@H](CO)[C@H](O)[C@@H]2O1. The molecule has 2 aliphatic heterocycles. The molecular formula is C6H10N2O4. The molecule has 0 saturated carbocycles. The van der Waals surface area contributed by atoms with Crippen molar-refractivity contribution in [2.75, 3.05) is 6.61 Å². The number of nitrogens with two attached hydrogens (primary N) is 1. The minimum Gasteiger partial charge on any atom is -0.454 e. The van der Waals surface area contributed by atoms with Gasteiger partial charge in [0.05, 0.1) is 6.61 Å². The first kappa shape index (κ1) is 7.78. The van der Waals surface area contributed by atoms with Crippen LogP contribution in [0.25, 0.3) is 0 Å². The van der Waals surface area contributed by atoms with Gasteiger partial charge in [0.1, 0.15) is 12.2 Å². The first-order valence-electron chi connectivity index (χ1n) is 3.66. The molecule has 4 N–H and O–H groups in total. The van der Waals surface area contributed by atoms with E-state index in [-0.39, 0.29) is 12.6 Å². The Labute approximate surface area is 68.6 Å². The van der Waals surface area contributed by atoms with E-state index in [1.54, 1.807) is 0 Å². The van der Waals surface area contributed by atoms with Crippen LogP contribution < -0.4 is 5.73 Å². The number of ether oxygens (including phenoxy) is 2. The molecule has 2 aliphatic rings. The summed E-state index contributed by atoms with van der Waals surface area (Å²) in [5.74, 6) is 0. The second-order valence-electron chi connectivity index (χ2n) is 2.79. The van der Waals surface area contributed by atoms with Crippen LogP contribution in [-0.4, -0.2) is 47.4 Å². The van der Waals surface area contributed by atoms with Gasteiger partial charge in [-0.1, -0.05) is 0 Å². The molecular weight excluding hydrogens is 164 g/mol. The third-order valence-electron chi connectivity index (χ3n) is 2.00. The van der Waals surface area contributed by atoms with E-state index in [9.17, 15) is 5.11 Å². The highest BCUT2D eigenvalue weighted by Gasteiger charge is 2.48. The minimum absolute atomic E-state index is 0.0282. The van der Waals surface area contributed by atoms with Gasteiger partial charge in [-0.25, -0.2) is 0 Å². The van der Waals surface area contributed by atoms with Gasteiger partial charge < -0.3 is 25.4 Å². The molecule has 0 unspecified atom stereocenters. The van der Waals surface area contributed by atoms with Gasteiger partial charge in [0.2, 0.25) is 0 Å². The molecule has 2 rings (SSSR count). The van der Waals surface area contributed by atoms with Gasteiger partial charge in [-0.05, 0) is 0 Å². The molecule has 0 aromatic heterocycles. The summed E-state index contributed by atoms with van der Waals surface area (Å²) in [6.45, 7) is -0.243. The monoisotopic (exact) mass is 174 g/mol. The van der Waals surface area contributed by atoms with Crippen molar-refractivity contribution in [2.24, 2.45) is 10.7 Å². The Bertz CT molecular complexity index is 220. The zero-order valence-electron chi connectivity index (χ0n) is 6.25. The van der Waals surface area contributed by atoms with E-state index in [0.717, 1.165) is 0 Å². The Kier molecular flexibility index (Phi) is 1.67. The van der Waals surface area contributed by atoms with E-state index in [1.807, 2.05) is 0 Å². The third kappa shape index (κ3) is 0.961. The van der Waals surface area contributed by atoms with E-state index in [0.29, 0.717) is 0 Å². The number of fused-ring (bicyclic) bond motifs is 1. The Hall–Kier alpha value is -0.850. The van der Waals surface area contributed by atoms with E-state index in [1.165, 1.54) is 0 Å². The first-order chi connectivity index (χ1) is 5.72. The summed E-state index contributed by atoms with van der Waals surface area (Å²) in [5, 5.41) is 18.2. The second-order valence-corrected chi connectivity index (χ2v) is 2.79. The smallest absolute Gasteiger partial charge is 0.285 e. The Morgan fingerprint density at radius 3 is 2.92 bits per heavy atom. The number of amidine groups is 1. The minimum atomic E-state index is -0.857. The molecule has 1 fully saturated rings. The molecule has 6 nitrogen and oxygen atoms in total. The van der Waals surface area contributed by atoms with Crippen molar-refractivity contribution in [1.82, 2.24) is 0 Å². The standard InChI is InChI=1S/C6H10N2O4/c7-6-8-5-4(12-6)3(10)2(1-9)11-5/h2-5,9-10H,1H2,(H2,7,8)/t2-,3+,4+,5-/m1/s1. The van der Waals surface area contributed by atoms with Crippen LogP contribution >= 0.6 is 0 Å². The molecule has 68 valence electrons. The largest absolute Gasteiger partial charge is 0.454 e. The summed E-state index contributed by atoms with van der Waals surface area (Å²) >= 11 is 0. The van der Waals surface area contributed by atoms with Gasteiger partial charge in [0.25, 0.3) is 6.02 Å². The van der Waals surface area contributed by atoms with Gasteiger partial charge in [-0.15, -0.1) is 0 Å². The predicted octanol–water partition coefficient (Wildman–Crippen LogP) is -2.22. The maximum absolute atomic E-state index is 9.44. The number of aliphatic imine (C=N–C) groups is 1. The van der Waals surface area contributed by atoms with Crippen molar-refractivity contribution in [1.29, 1.82) is 0 Å². The molecule has 12 heavy (non-hydrogen) atoms. The van der Waals surface area contributed by atoms with Crippen LogP contribution in [0.15, 0.2) is 4.99 Å². The summed E-state index contributed by atoms with van der Waals surface area (Å²) in [7, 11) is 0. The summed E-state index contributed by atoms with van der Waals surface area (Å²) in [5.41, 5.74) is 5.25. The maximum Gasteiger partial charge on any atom is 0.285 e. The van der Waals surface area contributed by atoms with Crippen LogP contribution in [0.2, 0.25) is 0 Å². The highest BCUT2D eigenvalue weighted by Crippen LogP contribution is 2.28.